The van der Waals surface area contributed by atoms with Crippen molar-refractivity contribution in [1.29, 1.82) is 0 Å². The van der Waals surface area contributed by atoms with E-state index in [1.54, 1.807) is 7.11 Å². The normalized spacial score (nSPS) is 19.3. The van der Waals surface area contributed by atoms with Gasteiger partial charge in [0.25, 0.3) is 0 Å². The van der Waals surface area contributed by atoms with Gasteiger partial charge in [0.15, 0.2) is 0 Å². The monoisotopic (exact) mass is 322 g/mol. The Morgan fingerprint density at radius 2 is 2.12 bits per heavy atom. The van der Waals surface area contributed by atoms with Crippen LogP contribution < -0.4 is 10.1 Å². The van der Waals surface area contributed by atoms with Crippen LogP contribution in [0.1, 0.15) is 25.6 Å². The average molecular weight is 322 g/mol. The van der Waals surface area contributed by atoms with Crippen molar-refractivity contribution >= 4 is 28.5 Å². The molecule has 1 atom stereocenters. The first-order valence-electron chi connectivity index (χ1n) is 7.92. The molecule has 4 rings (SSSR count). The fourth-order valence-corrected chi connectivity index (χ4v) is 3.10. The number of amides is 2. The van der Waals surface area contributed by atoms with Crippen molar-refractivity contribution in [2.75, 3.05) is 7.11 Å². The van der Waals surface area contributed by atoms with Gasteiger partial charge in [0.2, 0.25) is 0 Å². The molecule has 24 heavy (non-hydrogen) atoms. The second kappa shape index (κ2) is 5.33. The standard InChI is InChI=1S/C18H18N4O2/c1-10(2)17-19-15-9-12(24-3)5-7-16(15)22(17)11-4-6-13-14(8-11)21-18(23)20-13/h4-10,14H,1-3H3,(H,21,23). The van der Waals surface area contributed by atoms with Gasteiger partial charge in [-0.3, -0.25) is 4.57 Å². The summed E-state index contributed by atoms with van der Waals surface area (Å²) in [6.07, 6.45) is 5.88. The Kier molecular flexibility index (Phi) is 3.26. The molecule has 2 amide bonds. The largest absolute Gasteiger partial charge is 0.497 e. The van der Waals surface area contributed by atoms with Crippen LogP contribution in [0.2, 0.25) is 0 Å². The number of urea groups is 1. The fraction of sp³-hybridized carbons (Fsp3) is 0.278. The molecule has 6 heteroatoms. The highest BCUT2D eigenvalue weighted by Crippen LogP contribution is 2.30. The third-order valence-corrected chi connectivity index (χ3v) is 4.25. The van der Waals surface area contributed by atoms with E-state index in [1.807, 2.05) is 36.4 Å². The SMILES string of the molecule is COc1ccc2c(c1)nc(C(C)C)n2C1=CC2NC(=O)N=C2C=C1. The zero-order chi connectivity index (χ0) is 16.8. The maximum Gasteiger partial charge on any atom is 0.342 e. The van der Waals surface area contributed by atoms with Crippen LogP contribution in [-0.2, 0) is 0 Å². The molecule has 1 N–H and O–H groups in total. The van der Waals surface area contributed by atoms with Gasteiger partial charge in [-0.1, -0.05) is 13.8 Å². The number of imidazole rings is 1. The minimum absolute atomic E-state index is 0.173. The van der Waals surface area contributed by atoms with E-state index in [2.05, 4.69) is 28.7 Å². The van der Waals surface area contributed by atoms with E-state index in [0.29, 0.717) is 0 Å². The number of fused-ring (bicyclic) bond motifs is 2. The van der Waals surface area contributed by atoms with Gasteiger partial charge in [-0.25, -0.2) is 9.78 Å². The minimum atomic E-state index is -0.290. The first-order chi connectivity index (χ1) is 11.6. The van der Waals surface area contributed by atoms with Gasteiger partial charge in [0, 0.05) is 17.7 Å². The number of ether oxygens (including phenoxy) is 1. The van der Waals surface area contributed by atoms with E-state index in [1.165, 1.54) is 0 Å². The number of hydrogen-bond donors (Lipinski definition) is 1. The molecule has 2 heterocycles. The highest BCUT2D eigenvalue weighted by molar-refractivity contribution is 6.14. The van der Waals surface area contributed by atoms with Crippen molar-refractivity contribution in [2.24, 2.45) is 4.99 Å². The maximum atomic E-state index is 11.5. The molecule has 0 saturated carbocycles. The van der Waals surface area contributed by atoms with E-state index in [-0.39, 0.29) is 18.0 Å². The van der Waals surface area contributed by atoms with Crippen molar-refractivity contribution < 1.29 is 9.53 Å². The lowest BCUT2D eigenvalue weighted by atomic mass is 10.0. The van der Waals surface area contributed by atoms with Gasteiger partial charge in [0.05, 0.1) is 29.9 Å². The predicted octanol–water partition coefficient (Wildman–Crippen LogP) is 3.11. The zero-order valence-electron chi connectivity index (χ0n) is 13.8. The number of allylic oxidation sites excluding steroid dienone is 2. The molecule has 2 aliphatic rings. The number of aliphatic imine (C=N–C) groups is 1. The number of methoxy groups -OCH3 is 1. The molecule has 0 spiro atoms. The second-order valence-corrected chi connectivity index (χ2v) is 6.20. The van der Waals surface area contributed by atoms with Crippen LogP contribution in [-0.4, -0.2) is 34.4 Å². The van der Waals surface area contributed by atoms with Gasteiger partial charge in [0.1, 0.15) is 11.6 Å². The summed E-state index contributed by atoms with van der Waals surface area (Å²) in [5.74, 6) is 2.01. The van der Waals surface area contributed by atoms with Gasteiger partial charge < -0.3 is 10.1 Å². The number of nitrogens with zero attached hydrogens (tertiary/aromatic N) is 3. The molecule has 1 aliphatic carbocycles. The van der Waals surface area contributed by atoms with E-state index in [9.17, 15) is 4.79 Å². The van der Waals surface area contributed by atoms with Crippen LogP contribution in [0.5, 0.6) is 5.75 Å². The van der Waals surface area contributed by atoms with Crippen molar-refractivity contribution in [3.05, 3.63) is 42.3 Å². The smallest absolute Gasteiger partial charge is 0.342 e. The Morgan fingerprint density at radius 1 is 1.29 bits per heavy atom. The summed E-state index contributed by atoms with van der Waals surface area (Å²) in [6, 6.07) is 5.42. The van der Waals surface area contributed by atoms with Crippen LogP contribution in [0.3, 0.4) is 0 Å². The first kappa shape index (κ1) is 14.7. The summed E-state index contributed by atoms with van der Waals surface area (Å²) in [6.45, 7) is 4.23. The summed E-state index contributed by atoms with van der Waals surface area (Å²) >= 11 is 0. The summed E-state index contributed by atoms with van der Waals surface area (Å²) in [5, 5.41) is 2.84. The van der Waals surface area contributed by atoms with Crippen molar-refractivity contribution in [2.45, 2.75) is 25.8 Å². The Hall–Kier alpha value is -2.89. The molecule has 1 aromatic carbocycles. The number of carbonyl (C=O) groups excluding carboxylic acids is 1. The number of nitrogens with one attached hydrogen (secondary N) is 1. The number of aromatic nitrogens is 2. The van der Waals surface area contributed by atoms with E-state index < -0.39 is 0 Å². The maximum absolute atomic E-state index is 11.5. The molecular weight excluding hydrogens is 304 g/mol. The highest BCUT2D eigenvalue weighted by atomic mass is 16.5. The van der Waals surface area contributed by atoms with Crippen LogP contribution in [0, 0.1) is 0 Å². The summed E-state index contributed by atoms with van der Waals surface area (Å²) < 4.78 is 7.44. The number of carbonyl (C=O) groups is 1. The Morgan fingerprint density at radius 3 is 2.88 bits per heavy atom. The predicted molar refractivity (Wildman–Crippen MR) is 93.5 cm³/mol. The molecule has 0 radical (unpaired) electrons. The highest BCUT2D eigenvalue weighted by Gasteiger charge is 2.26. The van der Waals surface area contributed by atoms with Crippen LogP contribution in [0.25, 0.3) is 16.7 Å². The summed E-state index contributed by atoms with van der Waals surface area (Å²) in [4.78, 5) is 20.2. The van der Waals surface area contributed by atoms with Gasteiger partial charge >= 0.3 is 6.03 Å². The summed E-state index contributed by atoms with van der Waals surface area (Å²) in [5.41, 5.74) is 3.64. The van der Waals surface area contributed by atoms with Gasteiger partial charge in [-0.2, -0.15) is 4.99 Å². The van der Waals surface area contributed by atoms with Crippen molar-refractivity contribution in [3.63, 3.8) is 0 Å². The molecular formula is C18H18N4O2. The second-order valence-electron chi connectivity index (χ2n) is 6.20. The number of rotatable bonds is 3. The lowest BCUT2D eigenvalue weighted by molar-refractivity contribution is 0.251. The lowest BCUT2D eigenvalue weighted by Crippen LogP contribution is -2.31. The molecule has 122 valence electrons. The van der Waals surface area contributed by atoms with Gasteiger partial charge in [-0.15, -0.1) is 0 Å². The third-order valence-electron chi connectivity index (χ3n) is 4.25. The fourth-order valence-electron chi connectivity index (χ4n) is 3.10. The molecule has 6 nitrogen and oxygen atoms in total. The van der Waals surface area contributed by atoms with Crippen molar-refractivity contribution in [1.82, 2.24) is 14.9 Å². The van der Waals surface area contributed by atoms with E-state index in [4.69, 9.17) is 9.72 Å². The average Bonchev–Trinajstić information content (AvgIpc) is 3.12. The van der Waals surface area contributed by atoms with E-state index >= 15 is 0 Å². The molecule has 1 aliphatic heterocycles. The molecule has 0 saturated heterocycles. The Labute approximate surface area is 139 Å². The minimum Gasteiger partial charge on any atom is -0.497 e. The van der Waals surface area contributed by atoms with Crippen LogP contribution in [0.4, 0.5) is 4.79 Å². The summed E-state index contributed by atoms with van der Waals surface area (Å²) in [7, 11) is 1.65. The molecule has 0 bridgehead atoms. The quantitative estimate of drug-likeness (QED) is 0.944. The van der Waals surface area contributed by atoms with Crippen LogP contribution >= 0.6 is 0 Å². The van der Waals surface area contributed by atoms with Crippen LogP contribution in [0.15, 0.2) is 41.4 Å². The molecule has 2 aromatic rings. The topological polar surface area (TPSA) is 68.5 Å². The van der Waals surface area contributed by atoms with E-state index in [0.717, 1.165) is 34.0 Å². The molecule has 0 fully saturated rings. The number of benzene rings is 1. The third kappa shape index (κ3) is 2.22. The lowest BCUT2D eigenvalue weighted by Gasteiger charge is -2.18. The molecule has 1 unspecified atom stereocenters. The Bertz CT molecular complexity index is 934. The number of hydrogen-bond acceptors (Lipinski definition) is 3. The zero-order valence-corrected chi connectivity index (χ0v) is 13.8. The molecule has 1 aromatic heterocycles. The Balaban J connectivity index is 1.88. The van der Waals surface area contributed by atoms with Crippen molar-refractivity contribution in [3.8, 4) is 5.75 Å². The first-order valence-corrected chi connectivity index (χ1v) is 7.92. The van der Waals surface area contributed by atoms with Gasteiger partial charge in [-0.05, 0) is 30.4 Å².